The van der Waals surface area contributed by atoms with Crippen molar-refractivity contribution in [3.8, 4) is 0 Å². The van der Waals surface area contributed by atoms with Gasteiger partial charge < -0.3 is 9.47 Å². The van der Waals surface area contributed by atoms with Gasteiger partial charge in [-0.05, 0) is 12.1 Å². The summed E-state index contributed by atoms with van der Waals surface area (Å²) in [6, 6.07) is 3.97. The third kappa shape index (κ3) is 1.82. The SMILES string of the molecule is COC1=C2C(OCC2(C)C)C(Br)(Br)c2ncccc21. The summed E-state index contributed by atoms with van der Waals surface area (Å²) in [4.78, 5) is 4.49. The first kappa shape index (κ1) is 13.6. The van der Waals surface area contributed by atoms with Crippen LogP contribution in [0.4, 0.5) is 0 Å². The van der Waals surface area contributed by atoms with Crippen molar-refractivity contribution in [1.82, 2.24) is 4.98 Å². The Morgan fingerprint density at radius 1 is 1.42 bits per heavy atom. The predicted octanol–water partition coefficient (Wildman–Crippen LogP) is 3.82. The average molecular weight is 389 g/mol. The Bertz CT molecular complexity index is 566. The largest absolute Gasteiger partial charge is 0.496 e. The Balaban J connectivity index is 2.33. The molecule has 0 spiro atoms. The van der Waals surface area contributed by atoms with E-state index in [2.05, 4.69) is 50.7 Å². The van der Waals surface area contributed by atoms with Crippen LogP contribution < -0.4 is 0 Å². The van der Waals surface area contributed by atoms with Gasteiger partial charge in [-0.15, -0.1) is 0 Å². The van der Waals surface area contributed by atoms with Gasteiger partial charge in [0.2, 0.25) is 0 Å². The molecule has 0 amide bonds. The predicted molar refractivity (Wildman–Crippen MR) is 81.2 cm³/mol. The first-order valence-corrected chi connectivity index (χ1v) is 7.72. The minimum Gasteiger partial charge on any atom is -0.496 e. The molecule has 3 rings (SSSR count). The molecular formula is C14H15Br2NO2. The second-order valence-corrected chi connectivity index (χ2v) is 9.11. The van der Waals surface area contributed by atoms with E-state index >= 15 is 0 Å². The molecule has 2 heterocycles. The summed E-state index contributed by atoms with van der Waals surface area (Å²) in [6.07, 6.45) is 1.67. The third-order valence-corrected chi connectivity index (χ3v) is 5.33. The van der Waals surface area contributed by atoms with Crippen molar-refractivity contribution in [3.05, 3.63) is 35.2 Å². The molecule has 1 aliphatic carbocycles. The maximum absolute atomic E-state index is 6.00. The summed E-state index contributed by atoms with van der Waals surface area (Å²) in [6.45, 7) is 5.03. The monoisotopic (exact) mass is 387 g/mol. The lowest BCUT2D eigenvalue weighted by Gasteiger charge is -2.36. The molecule has 0 aromatic carbocycles. The molecule has 1 atom stereocenters. The van der Waals surface area contributed by atoms with Crippen LogP contribution in [0.1, 0.15) is 25.1 Å². The van der Waals surface area contributed by atoms with Gasteiger partial charge in [0.05, 0.1) is 19.4 Å². The topological polar surface area (TPSA) is 31.4 Å². The lowest BCUT2D eigenvalue weighted by atomic mass is 9.78. The van der Waals surface area contributed by atoms with Crippen molar-refractivity contribution in [2.45, 2.75) is 23.2 Å². The van der Waals surface area contributed by atoms with E-state index in [0.29, 0.717) is 6.61 Å². The standard InChI is InChI=1S/C14H15Br2NO2/c1-13(2)7-19-12-9(13)10(18-3)8-5-4-6-17-11(8)14(12,15)16/h4-6,12H,7H2,1-3H3. The summed E-state index contributed by atoms with van der Waals surface area (Å²) in [5.74, 6) is 0.894. The third-order valence-electron chi connectivity index (χ3n) is 3.75. The van der Waals surface area contributed by atoms with Crippen molar-refractivity contribution < 1.29 is 9.47 Å². The van der Waals surface area contributed by atoms with Gasteiger partial charge >= 0.3 is 0 Å². The number of nitrogens with zero attached hydrogens (tertiary/aromatic N) is 1. The zero-order valence-corrected chi connectivity index (χ0v) is 14.2. The molecule has 1 aromatic rings. The van der Waals surface area contributed by atoms with Crippen molar-refractivity contribution in [1.29, 1.82) is 0 Å². The normalized spacial score (nSPS) is 26.9. The summed E-state index contributed by atoms with van der Waals surface area (Å²) in [5, 5.41) is 0. The lowest BCUT2D eigenvalue weighted by Crippen LogP contribution is -2.36. The second-order valence-electron chi connectivity index (χ2n) is 5.54. The van der Waals surface area contributed by atoms with Crippen molar-refractivity contribution >= 4 is 37.6 Å². The van der Waals surface area contributed by atoms with Crippen LogP contribution >= 0.6 is 31.9 Å². The number of pyridine rings is 1. The average Bonchev–Trinajstić information content (AvgIpc) is 2.68. The fraction of sp³-hybridized carbons (Fsp3) is 0.500. The highest BCUT2D eigenvalue weighted by atomic mass is 79.9. The first-order chi connectivity index (χ1) is 8.89. The van der Waals surface area contributed by atoms with E-state index in [4.69, 9.17) is 9.47 Å². The van der Waals surface area contributed by atoms with Crippen LogP contribution in [-0.2, 0) is 12.7 Å². The molecule has 1 fully saturated rings. The van der Waals surface area contributed by atoms with E-state index in [1.165, 1.54) is 5.57 Å². The van der Waals surface area contributed by atoms with E-state index in [9.17, 15) is 0 Å². The number of aromatic nitrogens is 1. The molecule has 0 saturated carbocycles. The molecule has 0 bridgehead atoms. The second kappa shape index (κ2) is 4.30. The molecule has 19 heavy (non-hydrogen) atoms. The van der Waals surface area contributed by atoms with Gasteiger partial charge in [0.25, 0.3) is 0 Å². The minimum atomic E-state index is -0.498. The Hall–Kier alpha value is -0.390. The number of fused-ring (bicyclic) bond motifs is 2. The molecule has 3 nitrogen and oxygen atoms in total. The highest BCUT2D eigenvalue weighted by molar-refractivity contribution is 9.24. The van der Waals surface area contributed by atoms with Gasteiger partial charge in [0.1, 0.15) is 11.9 Å². The van der Waals surface area contributed by atoms with Crippen LogP contribution in [0.3, 0.4) is 0 Å². The fourth-order valence-electron chi connectivity index (χ4n) is 2.86. The van der Waals surface area contributed by atoms with Crippen LogP contribution in [0, 0.1) is 5.41 Å². The van der Waals surface area contributed by atoms with Crippen LogP contribution in [0.15, 0.2) is 23.9 Å². The van der Waals surface area contributed by atoms with Gasteiger partial charge in [0.15, 0.2) is 3.23 Å². The molecule has 102 valence electrons. The Kier molecular flexibility index (Phi) is 3.08. The molecular weight excluding hydrogens is 374 g/mol. The summed E-state index contributed by atoms with van der Waals surface area (Å²) >= 11 is 7.49. The van der Waals surface area contributed by atoms with Gasteiger partial charge in [-0.2, -0.15) is 0 Å². The van der Waals surface area contributed by atoms with Crippen LogP contribution in [0.25, 0.3) is 5.76 Å². The highest BCUT2D eigenvalue weighted by Gasteiger charge is 2.55. The molecule has 1 aromatic heterocycles. The smallest absolute Gasteiger partial charge is 0.153 e. The van der Waals surface area contributed by atoms with Crippen molar-refractivity contribution in [3.63, 3.8) is 0 Å². The Labute approximate surface area is 129 Å². The number of halogens is 2. The molecule has 5 heteroatoms. The highest BCUT2D eigenvalue weighted by Crippen LogP contribution is 2.58. The van der Waals surface area contributed by atoms with E-state index in [-0.39, 0.29) is 11.5 Å². The number of hydrogen-bond acceptors (Lipinski definition) is 3. The van der Waals surface area contributed by atoms with Crippen LogP contribution in [0.5, 0.6) is 0 Å². The van der Waals surface area contributed by atoms with E-state index in [1.54, 1.807) is 13.3 Å². The van der Waals surface area contributed by atoms with Gasteiger partial charge in [-0.3, -0.25) is 4.98 Å². The molecule has 1 aliphatic heterocycles. The summed E-state index contributed by atoms with van der Waals surface area (Å²) in [5.41, 5.74) is 3.06. The first-order valence-electron chi connectivity index (χ1n) is 6.13. The van der Waals surface area contributed by atoms with Crippen LogP contribution in [0.2, 0.25) is 0 Å². The Morgan fingerprint density at radius 2 is 2.16 bits per heavy atom. The zero-order chi connectivity index (χ0) is 13.8. The van der Waals surface area contributed by atoms with Crippen LogP contribution in [-0.4, -0.2) is 24.8 Å². The number of hydrogen-bond donors (Lipinski definition) is 0. The van der Waals surface area contributed by atoms with Crippen molar-refractivity contribution in [2.75, 3.05) is 13.7 Å². The maximum Gasteiger partial charge on any atom is 0.153 e. The zero-order valence-electron chi connectivity index (χ0n) is 11.0. The fourth-order valence-corrected chi connectivity index (χ4v) is 4.22. The van der Waals surface area contributed by atoms with E-state index in [0.717, 1.165) is 17.0 Å². The van der Waals surface area contributed by atoms with Gasteiger partial charge in [-0.1, -0.05) is 45.7 Å². The molecule has 2 aliphatic rings. The van der Waals surface area contributed by atoms with E-state index in [1.807, 2.05) is 12.1 Å². The minimum absolute atomic E-state index is 0.0453. The number of methoxy groups -OCH3 is 1. The van der Waals surface area contributed by atoms with Crippen molar-refractivity contribution in [2.24, 2.45) is 5.41 Å². The lowest BCUT2D eigenvalue weighted by molar-refractivity contribution is 0.0972. The number of alkyl halides is 2. The van der Waals surface area contributed by atoms with Gasteiger partial charge in [-0.25, -0.2) is 0 Å². The quantitative estimate of drug-likeness (QED) is 0.685. The number of rotatable bonds is 1. The molecule has 0 N–H and O–H groups in total. The Morgan fingerprint density at radius 3 is 2.84 bits per heavy atom. The molecule has 1 unspecified atom stereocenters. The molecule has 0 radical (unpaired) electrons. The van der Waals surface area contributed by atoms with E-state index < -0.39 is 3.23 Å². The summed E-state index contributed by atoms with van der Waals surface area (Å²) in [7, 11) is 1.71. The number of ether oxygens (including phenoxy) is 2. The van der Waals surface area contributed by atoms with Gasteiger partial charge in [0, 0.05) is 22.7 Å². The molecule has 1 saturated heterocycles. The maximum atomic E-state index is 6.00. The summed E-state index contributed by atoms with van der Waals surface area (Å²) < 4.78 is 11.2.